The van der Waals surface area contributed by atoms with Gasteiger partial charge in [0.15, 0.2) is 0 Å². The van der Waals surface area contributed by atoms with E-state index in [1.54, 1.807) is 0 Å². The Balaban J connectivity index is 0. The van der Waals surface area contributed by atoms with Crippen LogP contribution in [0.2, 0.25) is 0 Å². The summed E-state index contributed by atoms with van der Waals surface area (Å²) in [6.07, 6.45) is 2.25. The second-order valence-electron chi connectivity index (χ2n) is 4.71. The first-order valence-electron chi connectivity index (χ1n) is 6.34. The van der Waals surface area contributed by atoms with Crippen LogP contribution in [0.5, 0.6) is 0 Å². The second kappa shape index (κ2) is 11.8. The number of rotatable bonds is 7. The molecule has 20 heavy (non-hydrogen) atoms. The van der Waals surface area contributed by atoms with E-state index in [1.165, 1.54) is 0 Å². The Morgan fingerprint density at radius 3 is 2.50 bits per heavy atom. The molecule has 0 heterocycles. The lowest BCUT2D eigenvalue weighted by atomic mass is 10.1. The quantitative estimate of drug-likeness (QED) is 0.756. The SMILES string of the molecule is CN(C)CCNC(=O)CCCc1ccccc1N.Cl.Cl. The fourth-order valence-electron chi connectivity index (χ4n) is 1.71. The molecule has 0 fully saturated rings. The van der Waals surface area contributed by atoms with Crippen molar-refractivity contribution in [3.05, 3.63) is 29.8 Å². The highest BCUT2D eigenvalue weighted by atomic mass is 35.5. The summed E-state index contributed by atoms with van der Waals surface area (Å²) in [4.78, 5) is 13.6. The first kappa shape index (κ1) is 21.3. The summed E-state index contributed by atoms with van der Waals surface area (Å²) in [5, 5.41) is 2.90. The molecule has 0 unspecified atom stereocenters. The zero-order valence-corrected chi connectivity index (χ0v) is 13.7. The fraction of sp³-hybridized carbons (Fsp3) is 0.500. The van der Waals surface area contributed by atoms with Crippen LogP contribution in [-0.4, -0.2) is 38.0 Å². The van der Waals surface area contributed by atoms with E-state index in [2.05, 4.69) is 5.32 Å². The molecule has 1 amide bonds. The molecule has 0 aromatic heterocycles. The average Bonchev–Trinajstić information content (AvgIpc) is 2.31. The van der Waals surface area contributed by atoms with Crippen molar-refractivity contribution in [2.45, 2.75) is 19.3 Å². The van der Waals surface area contributed by atoms with Gasteiger partial charge in [0.2, 0.25) is 5.91 Å². The Morgan fingerprint density at radius 2 is 1.90 bits per heavy atom. The van der Waals surface area contributed by atoms with Gasteiger partial charge in [-0.2, -0.15) is 0 Å². The van der Waals surface area contributed by atoms with Crippen molar-refractivity contribution in [1.29, 1.82) is 0 Å². The highest BCUT2D eigenvalue weighted by Gasteiger charge is 2.03. The van der Waals surface area contributed by atoms with Crippen molar-refractivity contribution in [3.63, 3.8) is 0 Å². The van der Waals surface area contributed by atoms with Gasteiger partial charge < -0.3 is 16.0 Å². The van der Waals surface area contributed by atoms with Gasteiger partial charge in [-0.25, -0.2) is 0 Å². The van der Waals surface area contributed by atoms with Gasteiger partial charge in [0.05, 0.1) is 0 Å². The number of halogens is 2. The zero-order chi connectivity index (χ0) is 13.4. The number of likely N-dealkylation sites (N-methyl/N-ethyl adjacent to an activating group) is 1. The number of nitrogens with one attached hydrogen (secondary N) is 1. The largest absolute Gasteiger partial charge is 0.399 e. The smallest absolute Gasteiger partial charge is 0.220 e. The summed E-state index contributed by atoms with van der Waals surface area (Å²) in [7, 11) is 3.98. The minimum absolute atomic E-state index is 0. The molecule has 1 aromatic rings. The van der Waals surface area contributed by atoms with Gasteiger partial charge in [0.25, 0.3) is 0 Å². The summed E-state index contributed by atoms with van der Waals surface area (Å²) < 4.78 is 0. The normalized spacial score (nSPS) is 9.55. The fourth-order valence-corrected chi connectivity index (χ4v) is 1.71. The Kier molecular flexibility index (Phi) is 12.6. The number of carbonyl (C=O) groups is 1. The van der Waals surface area contributed by atoms with Gasteiger partial charge in [-0.1, -0.05) is 18.2 Å². The topological polar surface area (TPSA) is 58.4 Å². The van der Waals surface area contributed by atoms with E-state index in [1.807, 2.05) is 43.3 Å². The molecule has 0 radical (unpaired) electrons. The van der Waals surface area contributed by atoms with Crippen molar-refractivity contribution >= 4 is 36.4 Å². The van der Waals surface area contributed by atoms with E-state index in [4.69, 9.17) is 5.73 Å². The van der Waals surface area contributed by atoms with E-state index >= 15 is 0 Å². The van der Waals surface area contributed by atoms with Crippen LogP contribution >= 0.6 is 24.8 Å². The van der Waals surface area contributed by atoms with Crippen LogP contribution in [0, 0.1) is 0 Å². The third-order valence-corrected chi connectivity index (χ3v) is 2.79. The zero-order valence-electron chi connectivity index (χ0n) is 12.1. The number of hydrogen-bond acceptors (Lipinski definition) is 3. The number of amides is 1. The lowest BCUT2D eigenvalue weighted by Crippen LogP contribution is -2.31. The predicted octanol–water partition coefficient (Wildman–Crippen LogP) is 2.11. The van der Waals surface area contributed by atoms with E-state index in [9.17, 15) is 4.79 Å². The Bertz CT molecular complexity index is 386. The molecule has 0 aliphatic rings. The molecule has 0 saturated heterocycles. The van der Waals surface area contributed by atoms with Gasteiger partial charge in [-0.15, -0.1) is 24.8 Å². The second-order valence-corrected chi connectivity index (χ2v) is 4.71. The monoisotopic (exact) mass is 321 g/mol. The van der Waals surface area contributed by atoms with Gasteiger partial charge >= 0.3 is 0 Å². The molecule has 0 atom stereocenters. The van der Waals surface area contributed by atoms with E-state index < -0.39 is 0 Å². The maximum Gasteiger partial charge on any atom is 0.220 e. The number of nitrogen functional groups attached to an aromatic ring is 1. The number of carbonyl (C=O) groups excluding carboxylic acids is 1. The summed E-state index contributed by atoms with van der Waals surface area (Å²) in [5.74, 6) is 0.117. The molecule has 0 aliphatic carbocycles. The molecule has 0 aliphatic heterocycles. The predicted molar refractivity (Wildman–Crippen MR) is 89.9 cm³/mol. The summed E-state index contributed by atoms with van der Waals surface area (Å²) >= 11 is 0. The van der Waals surface area contributed by atoms with Crippen LogP contribution in [0.4, 0.5) is 5.69 Å². The first-order valence-corrected chi connectivity index (χ1v) is 6.34. The first-order chi connectivity index (χ1) is 8.59. The molecular weight excluding hydrogens is 297 g/mol. The van der Waals surface area contributed by atoms with Crippen molar-refractivity contribution in [2.75, 3.05) is 32.9 Å². The van der Waals surface area contributed by atoms with Crippen LogP contribution in [0.3, 0.4) is 0 Å². The van der Waals surface area contributed by atoms with Crippen molar-refractivity contribution in [1.82, 2.24) is 10.2 Å². The van der Waals surface area contributed by atoms with E-state index in [0.717, 1.165) is 30.6 Å². The highest BCUT2D eigenvalue weighted by molar-refractivity contribution is 5.85. The third-order valence-electron chi connectivity index (χ3n) is 2.79. The maximum absolute atomic E-state index is 11.5. The molecule has 116 valence electrons. The number of hydrogen-bond donors (Lipinski definition) is 2. The lowest BCUT2D eigenvalue weighted by molar-refractivity contribution is -0.121. The summed E-state index contributed by atoms with van der Waals surface area (Å²) in [6.45, 7) is 1.58. The number of nitrogens with two attached hydrogens (primary N) is 1. The Labute approximate surface area is 133 Å². The molecule has 1 aromatic carbocycles. The van der Waals surface area contributed by atoms with E-state index in [0.29, 0.717) is 13.0 Å². The Hall–Kier alpha value is -0.970. The van der Waals surface area contributed by atoms with Gasteiger partial charge in [0.1, 0.15) is 0 Å². The number of anilines is 1. The number of nitrogens with zero attached hydrogens (tertiary/aromatic N) is 1. The van der Waals surface area contributed by atoms with Crippen molar-refractivity contribution in [3.8, 4) is 0 Å². The van der Waals surface area contributed by atoms with Gasteiger partial charge in [-0.3, -0.25) is 4.79 Å². The average molecular weight is 322 g/mol. The molecule has 0 bridgehead atoms. The molecule has 0 spiro atoms. The lowest BCUT2D eigenvalue weighted by Gasteiger charge is -2.10. The maximum atomic E-state index is 11.5. The standard InChI is InChI=1S/C14H23N3O.2ClH/c1-17(2)11-10-16-14(18)9-5-7-12-6-3-4-8-13(12)15;;/h3-4,6,8H,5,7,9-11,15H2,1-2H3,(H,16,18);2*1H. The van der Waals surface area contributed by atoms with Crippen LogP contribution < -0.4 is 11.1 Å². The number of aryl methyl sites for hydroxylation is 1. The van der Waals surface area contributed by atoms with E-state index in [-0.39, 0.29) is 30.7 Å². The number of para-hydroxylation sites is 1. The molecule has 1 rings (SSSR count). The summed E-state index contributed by atoms with van der Waals surface area (Å²) in [6, 6.07) is 7.81. The Morgan fingerprint density at radius 1 is 1.25 bits per heavy atom. The molecule has 3 N–H and O–H groups in total. The summed E-state index contributed by atoms with van der Waals surface area (Å²) in [5.41, 5.74) is 7.78. The highest BCUT2D eigenvalue weighted by Crippen LogP contribution is 2.13. The third kappa shape index (κ3) is 9.02. The van der Waals surface area contributed by atoms with Crippen LogP contribution in [0.25, 0.3) is 0 Å². The van der Waals surface area contributed by atoms with Gasteiger partial charge in [0, 0.05) is 25.2 Å². The van der Waals surface area contributed by atoms with Crippen LogP contribution in [0.15, 0.2) is 24.3 Å². The minimum atomic E-state index is 0. The molecular formula is C14H25Cl2N3O. The molecule has 0 saturated carbocycles. The molecule has 4 nitrogen and oxygen atoms in total. The van der Waals surface area contributed by atoms with Crippen molar-refractivity contribution < 1.29 is 4.79 Å². The minimum Gasteiger partial charge on any atom is -0.399 e. The van der Waals surface area contributed by atoms with Crippen molar-refractivity contribution in [2.24, 2.45) is 0 Å². The van der Waals surface area contributed by atoms with Gasteiger partial charge in [-0.05, 0) is 38.6 Å². The molecule has 6 heteroatoms. The van der Waals surface area contributed by atoms with Crippen LogP contribution in [-0.2, 0) is 11.2 Å². The number of benzene rings is 1. The van der Waals surface area contributed by atoms with Crippen LogP contribution in [0.1, 0.15) is 18.4 Å².